The van der Waals surface area contributed by atoms with Crippen molar-refractivity contribution in [2.24, 2.45) is 0 Å². The van der Waals surface area contributed by atoms with Crippen molar-refractivity contribution in [3.05, 3.63) is 16.0 Å². The van der Waals surface area contributed by atoms with Gasteiger partial charge in [0.1, 0.15) is 9.88 Å². The third-order valence-corrected chi connectivity index (χ3v) is 3.28. The van der Waals surface area contributed by atoms with Crippen molar-refractivity contribution in [1.82, 2.24) is 0 Å². The number of anilines is 1. The third-order valence-electron chi connectivity index (χ3n) is 2.18. The first-order valence-electron chi connectivity index (χ1n) is 5.65. The minimum absolute atomic E-state index is 0.216. The number of carbonyl (C=O) groups is 2. The number of hydrogen-bond donors (Lipinski definition) is 1. The number of hydrogen-bond acceptors (Lipinski definition) is 6. The van der Waals surface area contributed by atoms with E-state index in [-0.39, 0.29) is 23.3 Å². The fourth-order valence-corrected chi connectivity index (χ4v) is 2.40. The first-order valence-corrected chi connectivity index (χ1v) is 6.47. The molecule has 0 atom stereocenters. The van der Waals surface area contributed by atoms with Crippen LogP contribution < -0.4 is 5.73 Å². The second kappa shape index (κ2) is 5.86. The van der Waals surface area contributed by atoms with Gasteiger partial charge in [-0.3, -0.25) is 0 Å². The molecule has 100 valence electrons. The van der Waals surface area contributed by atoms with E-state index >= 15 is 0 Å². The quantitative estimate of drug-likeness (QED) is 0.850. The molecule has 0 amide bonds. The van der Waals surface area contributed by atoms with Gasteiger partial charge in [-0.05, 0) is 33.3 Å². The number of thiophene rings is 1. The first kappa shape index (κ1) is 14.5. The molecule has 0 saturated carbocycles. The minimum Gasteiger partial charge on any atom is -0.462 e. The fourth-order valence-electron chi connectivity index (χ4n) is 1.46. The molecule has 2 N–H and O–H groups in total. The smallest absolute Gasteiger partial charge is 0.348 e. The lowest BCUT2D eigenvalue weighted by Crippen LogP contribution is -2.12. The van der Waals surface area contributed by atoms with E-state index in [0.717, 1.165) is 11.3 Å². The maximum atomic E-state index is 11.8. The molecule has 0 spiro atoms. The van der Waals surface area contributed by atoms with Crippen LogP contribution in [0.3, 0.4) is 0 Å². The van der Waals surface area contributed by atoms with Crippen molar-refractivity contribution in [2.75, 3.05) is 12.3 Å². The van der Waals surface area contributed by atoms with Crippen molar-refractivity contribution in [1.29, 1.82) is 0 Å². The Balaban J connectivity index is 3.07. The van der Waals surface area contributed by atoms with Gasteiger partial charge in [0, 0.05) is 0 Å². The van der Waals surface area contributed by atoms with E-state index in [4.69, 9.17) is 15.2 Å². The number of nitrogen functional groups attached to an aromatic ring is 1. The zero-order valence-electron chi connectivity index (χ0n) is 10.9. The molecular formula is C12H17NO4S. The molecule has 1 aromatic rings. The number of nitrogens with two attached hydrogens (primary N) is 1. The summed E-state index contributed by atoms with van der Waals surface area (Å²) in [6.07, 6.45) is -0.216. The molecule has 0 radical (unpaired) electrons. The summed E-state index contributed by atoms with van der Waals surface area (Å²) in [5.74, 6) is -0.970. The Morgan fingerprint density at radius 2 is 1.94 bits per heavy atom. The Morgan fingerprint density at radius 3 is 2.44 bits per heavy atom. The Morgan fingerprint density at radius 1 is 1.33 bits per heavy atom. The molecule has 0 saturated heterocycles. The molecule has 0 unspecified atom stereocenters. The molecule has 0 fully saturated rings. The van der Waals surface area contributed by atoms with Gasteiger partial charge in [0.25, 0.3) is 0 Å². The van der Waals surface area contributed by atoms with Crippen LogP contribution in [0.15, 0.2) is 0 Å². The monoisotopic (exact) mass is 271 g/mol. The van der Waals surface area contributed by atoms with Crippen LogP contribution in [0.5, 0.6) is 0 Å². The number of carbonyl (C=O) groups excluding carboxylic acids is 2. The van der Waals surface area contributed by atoms with Crippen molar-refractivity contribution < 1.29 is 19.1 Å². The molecule has 1 rings (SSSR count). The lowest BCUT2D eigenvalue weighted by molar-refractivity contribution is 0.0383. The van der Waals surface area contributed by atoms with Gasteiger partial charge in [0.05, 0.1) is 18.3 Å². The summed E-state index contributed by atoms with van der Waals surface area (Å²) in [6, 6.07) is 0. The maximum Gasteiger partial charge on any atom is 0.348 e. The molecule has 0 aromatic carbocycles. The van der Waals surface area contributed by atoms with Crippen LogP contribution in [0.1, 0.15) is 46.4 Å². The summed E-state index contributed by atoms with van der Waals surface area (Å²) in [6.45, 7) is 7.16. The maximum absolute atomic E-state index is 11.8. The minimum atomic E-state index is -0.507. The van der Waals surface area contributed by atoms with E-state index < -0.39 is 11.9 Å². The first-order chi connectivity index (χ1) is 8.38. The summed E-state index contributed by atoms with van der Waals surface area (Å²) in [4.78, 5) is 23.9. The van der Waals surface area contributed by atoms with Gasteiger partial charge in [-0.2, -0.15) is 0 Å². The molecule has 1 aromatic heterocycles. The van der Waals surface area contributed by atoms with Crippen LogP contribution in [0, 0.1) is 6.92 Å². The highest BCUT2D eigenvalue weighted by molar-refractivity contribution is 7.18. The van der Waals surface area contributed by atoms with Gasteiger partial charge in [-0.25, -0.2) is 9.59 Å². The van der Waals surface area contributed by atoms with Crippen molar-refractivity contribution in [3.8, 4) is 0 Å². The van der Waals surface area contributed by atoms with Gasteiger partial charge in [0.15, 0.2) is 0 Å². The highest BCUT2D eigenvalue weighted by atomic mass is 32.1. The van der Waals surface area contributed by atoms with Gasteiger partial charge in [-0.15, -0.1) is 11.3 Å². The second-order valence-corrected chi connectivity index (χ2v) is 5.02. The van der Waals surface area contributed by atoms with Gasteiger partial charge in [0.2, 0.25) is 0 Å². The molecule has 0 aliphatic heterocycles. The topological polar surface area (TPSA) is 78.6 Å². The van der Waals surface area contributed by atoms with Crippen LogP contribution >= 0.6 is 11.3 Å². The Kier molecular flexibility index (Phi) is 4.72. The molecular weight excluding hydrogens is 254 g/mol. The van der Waals surface area contributed by atoms with Crippen LogP contribution in [0.4, 0.5) is 5.00 Å². The van der Waals surface area contributed by atoms with Crippen molar-refractivity contribution in [2.45, 2.75) is 33.8 Å². The predicted molar refractivity (Wildman–Crippen MR) is 70.0 cm³/mol. The fraction of sp³-hybridized carbons (Fsp3) is 0.500. The normalized spacial score (nSPS) is 10.5. The molecule has 1 heterocycles. The summed E-state index contributed by atoms with van der Waals surface area (Å²) >= 11 is 1.05. The SMILES string of the molecule is CCOC(=O)c1c(N)sc(C(=O)OC(C)C)c1C. The molecule has 5 nitrogen and oxygen atoms in total. The van der Waals surface area contributed by atoms with Gasteiger partial charge < -0.3 is 15.2 Å². The summed E-state index contributed by atoms with van der Waals surface area (Å²) in [5.41, 5.74) is 6.53. The number of rotatable bonds is 4. The molecule has 6 heteroatoms. The largest absolute Gasteiger partial charge is 0.462 e. The van der Waals surface area contributed by atoms with Gasteiger partial charge in [-0.1, -0.05) is 0 Å². The molecule has 0 aliphatic rings. The average molecular weight is 271 g/mol. The number of ether oxygens (including phenoxy) is 2. The average Bonchev–Trinajstić information content (AvgIpc) is 2.53. The highest BCUT2D eigenvalue weighted by Gasteiger charge is 2.25. The van der Waals surface area contributed by atoms with E-state index in [1.807, 2.05) is 0 Å². The van der Waals surface area contributed by atoms with Gasteiger partial charge >= 0.3 is 11.9 Å². The number of esters is 2. The van der Waals surface area contributed by atoms with Crippen molar-refractivity contribution in [3.63, 3.8) is 0 Å². The van der Waals surface area contributed by atoms with Crippen LogP contribution in [0.2, 0.25) is 0 Å². The zero-order valence-corrected chi connectivity index (χ0v) is 11.7. The molecule has 0 aliphatic carbocycles. The lowest BCUT2D eigenvalue weighted by Gasteiger charge is -2.07. The lowest BCUT2D eigenvalue weighted by atomic mass is 10.1. The van der Waals surface area contributed by atoms with E-state index in [1.165, 1.54) is 0 Å². The Bertz CT molecular complexity index is 465. The summed E-state index contributed by atoms with van der Waals surface area (Å²) in [5, 5.41) is 0.279. The Hall–Kier alpha value is -1.56. The van der Waals surface area contributed by atoms with Crippen LogP contribution in [-0.4, -0.2) is 24.6 Å². The van der Waals surface area contributed by atoms with E-state index in [0.29, 0.717) is 10.4 Å². The highest BCUT2D eigenvalue weighted by Crippen LogP contribution is 2.31. The second-order valence-electron chi connectivity index (χ2n) is 3.97. The predicted octanol–water partition coefficient (Wildman–Crippen LogP) is 2.38. The third kappa shape index (κ3) is 3.01. The van der Waals surface area contributed by atoms with Crippen LogP contribution in [-0.2, 0) is 9.47 Å². The molecule has 18 heavy (non-hydrogen) atoms. The van der Waals surface area contributed by atoms with Crippen molar-refractivity contribution >= 4 is 28.3 Å². The Labute approximate surface area is 110 Å². The zero-order chi connectivity index (χ0) is 13.9. The van der Waals surface area contributed by atoms with E-state index in [9.17, 15) is 9.59 Å². The summed E-state index contributed by atoms with van der Waals surface area (Å²) < 4.78 is 9.99. The van der Waals surface area contributed by atoms with E-state index in [1.54, 1.807) is 27.7 Å². The van der Waals surface area contributed by atoms with Crippen LogP contribution in [0.25, 0.3) is 0 Å². The summed E-state index contributed by atoms with van der Waals surface area (Å²) in [7, 11) is 0. The molecule has 0 bridgehead atoms. The standard InChI is InChI=1S/C12H17NO4S/c1-5-16-11(14)8-7(4)9(18-10(8)13)12(15)17-6(2)3/h6H,5,13H2,1-4H3. The van der Waals surface area contributed by atoms with E-state index in [2.05, 4.69) is 0 Å².